The first-order valence-electron chi connectivity index (χ1n) is 5.52. The van der Waals surface area contributed by atoms with Gasteiger partial charge in [-0.15, -0.1) is 0 Å². The van der Waals surface area contributed by atoms with Gasteiger partial charge in [0.1, 0.15) is 5.75 Å². The van der Waals surface area contributed by atoms with E-state index in [1.807, 2.05) is 12.1 Å². The van der Waals surface area contributed by atoms with Crippen molar-refractivity contribution in [3.05, 3.63) is 54.0 Å². The molecule has 1 aromatic carbocycles. The second kappa shape index (κ2) is 4.87. The highest BCUT2D eigenvalue weighted by Gasteiger charge is 2.11. The average Bonchev–Trinajstić information content (AvgIpc) is 2.83. The van der Waals surface area contributed by atoms with E-state index in [0.717, 1.165) is 0 Å². The summed E-state index contributed by atoms with van der Waals surface area (Å²) in [5.74, 6) is 0.714. The molecule has 0 N–H and O–H groups in total. The summed E-state index contributed by atoms with van der Waals surface area (Å²) in [5, 5.41) is 0. The van der Waals surface area contributed by atoms with Crippen LogP contribution in [0.2, 0.25) is 0 Å². The first-order chi connectivity index (χ1) is 8.16. The third kappa shape index (κ3) is 2.75. The summed E-state index contributed by atoms with van der Waals surface area (Å²) >= 11 is 0. The normalized spacial score (nSPS) is 10.5. The number of furan rings is 1. The van der Waals surface area contributed by atoms with Crippen molar-refractivity contribution in [2.45, 2.75) is 19.8 Å². The van der Waals surface area contributed by atoms with E-state index in [1.165, 1.54) is 11.8 Å². The zero-order valence-corrected chi connectivity index (χ0v) is 9.84. The second-order valence-electron chi connectivity index (χ2n) is 4.09. The number of esters is 1. The van der Waals surface area contributed by atoms with E-state index in [1.54, 1.807) is 24.3 Å². The molecule has 0 aliphatic heterocycles. The van der Waals surface area contributed by atoms with Crippen LogP contribution >= 0.6 is 0 Å². The molecule has 0 atom stereocenters. The summed E-state index contributed by atoms with van der Waals surface area (Å²) in [6, 6.07) is 10.7. The number of benzene rings is 1. The molecule has 1 heterocycles. The maximum absolute atomic E-state index is 11.6. The fourth-order valence-corrected chi connectivity index (χ4v) is 1.47. The van der Waals surface area contributed by atoms with E-state index in [-0.39, 0.29) is 5.76 Å². The second-order valence-corrected chi connectivity index (χ2v) is 4.09. The van der Waals surface area contributed by atoms with Crippen molar-refractivity contribution >= 4 is 5.97 Å². The van der Waals surface area contributed by atoms with Crippen molar-refractivity contribution < 1.29 is 13.9 Å². The number of rotatable bonds is 3. The van der Waals surface area contributed by atoms with Crippen LogP contribution in [0.1, 0.15) is 35.9 Å². The molecule has 0 aliphatic carbocycles. The van der Waals surface area contributed by atoms with Gasteiger partial charge in [-0.05, 0) is 35.7 Å². The van der Waals surface area contributed by atoms with Gasteiger partial charge in [0.2, 0.25) is 5.76 Å². The van der Waals surface area contributed by atoms with Crippen LogP contribution in [0.25, 0.3) is 0 Å². The Labute approximate surface area is 100 Å². The molecule has 17 heavy (non-hydrogen) atoms. The first-order valence-corrected chi connectivity index (χ1v) is 5.52. The quantitative estimate of drug-likeness (QED) is 0.597. The lowest BCUT2D eigenvalue weighted by Crippen LogP contribution is -2.07. The Balaban J connectivity index is 2.07. The monoisotopic (exact) mass is 230 g/mol. The van der Waals surface area contributed by atoms with E-state index < -0.39 is 5.97 Å². The van der Waals surface area contributed by atoms with Gasteiger partial charge in [0.25, 0.3) is 0 Å². The number of hydrogen-bond acceptors (Lipinski definition) is 3. The van der Waals surface area contributed by atoms with Crippen LogP contribution in [-0.2, 0) is 0 Å². The van der Waals surface area contributed by atoms with Crippen molar-refractivity contribution in [1.82, 2.24) is 0 Å². The van der Waals surface area contributed by atoms with Gasteiger partial charge >= 0.3 is 5.97 Å². The van der Waals surface area contributed by atoms with Crippen molar-refractivity contribution in [3.63, 3.8) is 0 Å². The summed E-state index contributed by atoms with van der Waals surface area (Å²) in [4.78, 5) is 11.6. The summed E-state index contributed by atoms with van der Waals surface area (Å²) in [7, 11) is 0. The first kappa shape index (κ1) is 11.5. The number of hydrogen-bond donors (Lipinski definition) is 0. The molecule has 1 aromatic heterocycles. The Bertz CT molecular complexity index is 481. The Morgan fingerprint density at radius 3 is 2.41 bits per heavy atom. The lowest BCUT2D eigenvalue weighted by Gasteiger charge is -2.06. The molecule has 0 spiro atoms. The Morgan fingerprint density at radius 2 is 1.88 bits per heavy atom. The lowest BCUT2D eigenvalue weighted by atomic mass is 10.0. The third-order valence-electron chi connectivity index (χ3n) is 2.48. The van der Waals surface area contributed by atoms with Gasteiger partial charge in [-0.2, -0.15) is 0 Å². The van der Waals surface area contributed by atoms with Crippen LogP contribution in [0.15, 0.2) is 47.1 Å². The van der Waals surface area contributed by atoms with E-state index in [4.69, 9.17) is 9.15 Å². The summed E-state index contributed by atoms with van der Waals surface area (Å²) in [5.41, 5.74) is 1.21. The molecule has 0 radical (unpaired) electrons. The number of carbonyl (C=O) groups excluding carboxylic acids is 1. The molecule has 0 amide bonds. The molecule has 0 bridgehead atoms. The number of ether oxygens (including phenoxy) is 1. The van der Waals surface area contributed by atoms with Crippen LogP contribution < -0.4 is 4.74 Å². The van der Waals surface area contributed by atoms with Crippen LogP contribution in [0.3, 0.4) is 0 Å². The smallest absolute Gasteiger partial charge is 0.379 e. The molecule has 0 saturated carbocycles. The highest BCUT2D eigenvalue weighted by atomic mass is 16.5. The topological polar surface area (TPSA) is 39.4 Å². The fraction of sp³-hybridized carbons (Fsp3) is 0.214. The van der Waals surface area contributed by atoms with E-state index in [9.17, 15) is 4.79 Å². The average molecular weight is 230 g/mol. The van der Waals surface area contributed by atoms with E-state index in [2.05, 4.69) is 13.8 Å². The van der Waals surface area contributed by atoms with Gasteiger partial charge in [-0.1, -0.05) is 26.0 Å². The fourth-order valence-electron chi connectivity index (χ4n) is 1.47. The molecule has 0 saturated heterocycles. The van der Waals surface area contributed by atoms with E-state index in [0.29, 0.717) is 11.7 Å². The van der Waals surface area contributed by atoms with Gasteiger partial charge < -0.3 is 9.15 Å². The molecule has 0 unspecified atom stereocenters. The lowest BCUT2D eigenvalue weighted by molar-refractivity contribution is 0.0701. The van der Waals surface area contributed by atoms with Gasteiger partial charge in [0.15, 0.2) is 0 Å². The van der Waals surface area contributed by atoms with Gasteiger partial charge in [0.05, 0.1) is 6.26 Å². The van der Waals surface area contributed by atoms with Crippen molar-refractivity contribution in [2.24, 2.45) is 0 Å². The largest absolute Gasteiger partial charge is 0.457 e. The van der Waals surface area contributed by atoms with Crippen molar-refractivity contribution in [3.8, 4) is 5.75 Å². The maximum Gasteiger partial charge on any atom is 0.379 e. The third-order valence-corrected chi connectivity index (χ3v) is 2.48. The molecule has 88 valence electrons. The Hall–Kier alpha value is -2.03. The van der Waals surface area contributed by atoms with Crippen molar-refractivity contribution in [1.29, 1.82) is 0 Å². The van der Waals surface area contributed by atoms with Crippen LogP contribution in [0.4, 0.5) is 0 Å². The molecule has 3 heteroatoms. The Morgan fingerprint density at radius 1 is 1.18 bits per heavy atom. The molecule has 0 fully saturated rings. The minimum absolute atomic E-state index is 0.206. The van der Waals surface area contributed by atoms with Crippen molar-refractivity contribution in [2.75, 3.05) is 0 Å². The minimum Gasteiger partial charge on any atom is -0.457 e. The zero-order chi connectivity index (χ0) is 12.3. The van der Waals surface area contributed by atoms with Crippen LogP contribution in [0, 0.1) is 0 Å². The molecule has 2 aromatic rings. The Kier molecular flexibility index (Phi) is 3.28. The highest BCUT2D eigenvalue weighted by Crippen LogP contribution is 2.19. The predicted molar refractivity (Wildman–Crippen MR) is 64.2 cm³/mol. The zero-order valence-electron chi connectivity index (χ0n) is 9.84. The standard InChI is InChI=1S/C14H14O3/c1-10(2)11-5-7-12(8-6-11)17-14(15)13-4-3-9-16-13/h3-10H,1-2H3. The molecule has 2 rings (SSSR count). The number of carbonyl (C=O) groups is 1. The van der Waals surface area contributed by atoms with Crippen LogP contribution in [0.5, 0.6) is 5.75 Å². The van der Waals surface area contributed by atoms with Crippen LogP contribution in [-0.4, -0.2) is 5.97 Å². The van der Waals surface area contributed by atoms with E-state index >= 15 is 0 Å². The SMILES string of the molecule is CC(C)c1ccc(OC(=O)c2ccco2)cc1. The molecular weight excluding hydrogens is 216 g/mol. The predicted octanol–water partition coefficient (Wildman–Crippen LogP) is 3.62. The summed E-state index contributed by atoms with van der Waals surface area (Å²) in [6.45, 7) is 4.23. The van der Waals surface area contributed by atoms with Gasteiger partial charge in [-0.3, -0.25) is 0 Å². The summed E-state index contributed by atoms with van der Waals surface area (Å²) in [6.07, 6.45) is 1.44. The highest BCUT2D eigenvalue weighted by molar-refractivity contribution is 5.88. The summed E-state index contributed by atoms with van der Waals surface area (Å²) < 4.78 is 10.1. The maximum atomic E-state index is 11.6. The minimum atomic E-state index is -0.479. The molecule has 0 aliphatic rings. The molecule has 3 nitrogen and oxygen atoms in total. The molecular formula is C14H14O3. The van der Waals surface area contributed by atoms with Gasteiger partial charge in [-0.25, -0.2) is 4.79 Å². The van der Waals surface area contributed by atoms with Gasteiger partial charge in [0, 0.05) is 0 Å².